The van der Waals surface area contributed by atoms with Crippen molar-refractivity contribution in [3.05, 3.63) is 0 Å². The van der Waals surface area contributed by atoms with Crippen molar-refractivity contribution in [1.29, 1.82) is 0 Å². The van der Waals surface area contributed by atoms with Crippen LogP contribution in [0.3, 0.4) is 0 Å². The van der Waals surface area contributed by atoms with E-state index in [1.165, 1.54) is 5.48 Å². The molecule has 0 aromatic carbocycles. The standard InChI is InChI=1S/C6H8F3NO2/c7-6(8,9)5(1-2-5)3-4(11)10-12/h12H,1-3H2,(H,10,11). The van der Waals surface area contributed by atoms with E-state index in [1.807, 2.05) is 0 Å². The first kappa shape index (κ1) is 9.31. The maximum absolute atomic E-state index is 12.1. The molecule has 1 saturated carbocycles. The summed E-state index contributed by atoms with van der Waals surface area (Å²) in [5.41, 5.74) is -0.667. The lowest BCUT2D eigenvalue weighted by Gasteiger charge is -2.17. The predicted octanol–water partition coefficient (Wildman–Crippen LogP) is 1.22. The summed E-state index contributed by atoms with van der Waals surface area (Å²) in [6.07, 6.45) is -5.06. The minimum absolute atomic E-state index is 0.0239. The van der Waals surface area contributed by atoms with Crippen LogP contribution in [0.4, 0.5) is 13.2 Å². The summed E-state index contributed by atoms with van der Waals surface area (Å²) in [4.78, 5) is 10.5. The lowest BCUT2D eigenvalue weighted by Crippen LogP contribution is -2.31. The first-order valence-corrected chi connectivity index (χ1v) is 3.41. The Kier molecular flexibility index (Phi) is 2.03. The van der Waals surface area contributed by atoms with E-state index in [9.17, 15) is 18.0 Å². The van der Waals surface area contributed by atoms with E-state index in [0.29, 0.717) is 0 Å². The van der Waals surface area contributed by atoms with E-state index in [-0.39, 0.29) is 12.8 Å². The van der Waals surface area contributed by atoms with Crippen LogP contribution >= 0.6 is 0 Å². The average Bonchev–Trinajstić information content (AvgIpc) is 2.67. The van der Waals surface area contributed by atoms with Crippen LogP contribution in [0.15, 0.2) is 0 Å². The van der Waals surface area contributed by atoms with Crippen LogP contribution in [0.25, 0.3) is 0 Å². The third-order valence-electron chi connectivity index (χ3n) is 2.08. The molecule has 1 amide bonds. The molecule has 2 N–H and O–H groups in total. The van der Waals surface area contributed by atoms with Crippen molar-refractivity contribution in [3.63, 3.8) is 0 Å². The number of rotatable bonds is 2. The Hall–Kier alpha value is -0.780. The highest BCUT2D eigenvalue weighted by molar-refractivity contribution is 5.75. The van der Waals surface area contributed by atoms with Crippen molar-refractivity contribution in [2.24, 2.45) is 5.41 Å². The summed E-state index contributed by atoms with van der Waals surface area (Å²) in [6, 6.07) is 0. The number of amides is 1. The van der Waals surface area contributed by atoms with Gasteiger partial charge in [0.15, 0.2) is 0 Å². The number of carbonyl (C=O) groups excluding carboxylic acids is 1. The second-order valence-electron chi connectivity index (χ2n) is 2.99. The molecule has 0 saturated heterocycles. The van der Waals surface area contributed by atoms with Gasteiger partial charge < -0.3 is 0 Å². The first-order chi connectivity index (χ1) is 5.41. The van der Waals surface area contributed by atoms with Gasteiger partial charge in [-0.1, -0.05) is 0 Å². The van der Waals surface area contributed by atoms with Crippen molar-refractivity contribution in [2.45, 2.75) is 25.4 Å². The number of halogens is 3. The maximum Gasteiger partial charge on any atom is 0.395 e. The van der Waals surface area contributed by atoms with Crippen molar-refractivity contribution in [1.82, 2.24) is 5.48 Å². The van der Waals surface area contributed by atoms with E-state index >= 15 is 0 Å². The smallest absolute Gasteiger partial charge is 0.289 e. The predicted molar refractivity (Wildman–Crippen MR) is 32.3 cm³/mol. The van der Waals surface area contributed by atoms with E-state index < -0.39 is 23.9 Å². The van der Waals surface area contributed by atoms with Crippen LogP contribution < -0.4 is 5.48 Å². The van der Waals surface area contributed by atoms with Crippen molar-refractivity contribution in [3.8, 4) is 0 Å². The zero-order valence-corrected chi connectivity index (χ0v) is 6.11. The molecule has 6 heteroatoms. The Morgan fingerprint density at radius 1 is 1.50 bits per heavy atom. The zero-order chi connectivity index (χ0) is 9.41. The molecule has 0 radical (unpaired) electrons. The maximum atomic E-state index is 12.1. The van der Waals surface area contributed by atoms with Gasteiger partial charge in [0.1, 0.15) is 0 Å². The Labute approximate surface area is 66.5 Å². The highest BCUT2D eigenvalue weighted by Crippen LogP contribution is 2.59. The van der Waals surface area contributed by atoms with Crippen LogP contribution in [0, 0.1) is 5.41 Å². The van der Waals surface area contributed by atoms with Crippen LogP contribution in [0.5, 0.6) is 0 Å². The molecular weight excluding hydrogens is 175 g/mol. The number of nitrogens with one attached hydrogen (secondary N) is 1. The summed E-state index contributed by atoms with van der Waals surface area (Å²) in [7, 11) is 0. The van der Waals surface area contributed by atoms with Gasteiger partial charge in [0, 0.05) is 6.42 Å². The third-order valence-corrected chi connectivity index (χ3v) is 2.08. The van der Waals surface area contributed by atoms with Crippen molar-refractivity contribution >= 4 is 5.91 Å². The molecule has 0 aromatic heterocycles. The first-order valence-electron chi connectivity index (χ1n) is 3.41. The summed E-state index contributed by atoms with van der Waals surface area (Å²) in [5, 5.41) is 8.02. The van der Waals surface area contributed by atoms with Crippen LogP contribution in [0.1, 0.15) is 19.3 Å². The molecule has 0 aliphatic heterocycles. The molecule has 0 unspecified atom stereocenters. The second kappa shape index (κ2) is 2.62. The average molecular weight is 183 g/mol. The molecule has 0 atom stereocenters. The van der Waals surface area contributed by atoms with Crippen LogP contribution in [-0.4, -0.2) is 17.3 Å². The van der Waals surface area contributed by atoms with E-state index in [2.05, 4.69) is 0 Å². The molecule has 0 aromatic rings. The Bertz CT molecular complexity index is 197. The monoisotopic (exact) mass is 183 g/mol. The molecule has 0 bridgehead atoms. The molecule has 70 valence electrons. The largest absolute Gasteiger partial charge is 0.395 e. The van der Waals surface area contributed by atoms with Gasteiger partial charge in [-0.25, -0.2) is 5.48 Å². The third kappa shape index (κ3) is 1.52. The van der Waals surface area contributed by atoms with E-state index in [4.69, 9.17) is 5.21 Å². The van der Waals surface area contributed by atoms with E-state index in [0.717, 1.165) is 0 Å². The molecule has 12 heavy (non-hydrogen) atoms. The minimum atomic E-state index is -4.33. The second-order valence-corrected chi connectivity index (χ2v) is 2.99. The van der Waals surface area contributed by atoms with Crippen molar-refractivity contribution < 1.29 is 23.2 Å². The molecule has 1 rings (SSSR count). The fraction of sp³-hybridized carbons (Fsp3) is 0.833. The Balaban J connectivity index is 2.56. The van der Waals surface area contributed by atoms with Gasteiger partial charge in [-0.3, -0.25) is 10.0 Å². The SMILES string of the molecule is O=C(CC1(C(F)(F)F)CC1)NO. The van der Waals surface area contributed by atoms with Gasteiger partial charge >= 0.3 is 6.18 Å². The molecule has 1 aliphatic carbocycles. The van der Waals surface area contributed by atoms with Gasteiger partial charge in [0.05, 0.1) is 5.41 Å². The number of hydroxylamine groups is 1. The summed E-state index contributed by atoms with van der Waals surface area (Å²) >= 11 is 0. The lowest BCUT2D eigenvalue weighted by atomic mass is 10.0. The fourth-order valence-corrected chi connectivity index (χ4v) is 1.06. The van der Waals surface area contributed by atoms with E-state index in [1.54, 1.807) is 0 Å². The highest BCUT2D eigenvalue weighted by Gasteiger charge is 2.63. The van der Waals surface area contributed by atoms with Crippen LogP contribution in [0.2, 0.25) is 0 Å². The van der Waals surface area contributed by atoms with Crippen LogP contribution in [-0.2, 0) is 4.79 Å². The van der Waals surface area contributed by atoms with Gasteiger partial charge in [-0.2, -0.15) is 13.2 Å². The lowest BCUT2D eigenvalue weighted by molar-refractivity contribution is -0.191. The highest BCUT2D eigenvalue weighted by atomic mass is 19.4. The van der Waals surface area contributed by atoms with Gasteiger partial charge in [0.25, 0.3) is 0 Å². The number of carbonyl (C=O) groups is 1. The van der Waals surface area contributed by atoms with Gasteiger partial charge in [0.2, 0.25) is 5.91 Å². The minimum Gasteiger partial charge on any atom is -0.289 e. The Morgan fingerprint density at radius 3 is 2.25 bits per heavy atom. The normalized spacial score (nSPS) is 20.3. The topological polar surface area (TPSA) is 49.3 Å². The summed E-state index contributed by atoms with van der Waals surface area (Å²) in [5.74, 6) is -0.982. The zero-order valence-electron chi connectivity index (χ0n) is 6.11. The van der Waals surface area contributed by atoms with Gasteiger partial charge in [-0.05, 0) is 12.8 Å². The summed E-state index contributed by atoms with van der Waals surface area (Å²) < 4.78 is 36.4. The Morgan fingerprint density at radius 2 is 2.00 bits per heavy atom. The molecule has 0 spiro atoms. The molecule has 1 fully saturated rings. The number of hydrogen-bond donors (Lipinski definition) is 2. The molecule has 0 heterocycles. The molecule has 1 aliphatic rings. The van der Waals surface area contributed by atoms with Crippen molar-refractivity contribution in [2.75, 3.05) is 0 Å². The number of hydrogen-bond acceptors (Lipinski definition) is 2. The van der Waals surface area contributed by atoms with Gasteiger partial charge in [-0.15, -0.1) is 0 Å². The molecular formula is C6H8F3NO2. The summed E-state index contributed by atoms with van der Waals surface area (Å²) in [6.45, 7) is 0. The number of alkyl halides is 3. The fourth-order valence-electron chi connectivity index (χ4n) is 1.06. The quantitative estimate of drug-likeness (QED) is 0.499. The molecule has 3 nitrogen and oxygen atoms in total.